The fraction of sp³-hybridized carbons (Fsp3) is 0.500. The van der Waals surface area contributed by atoms with E-state index in [2.05, 4.69) is 4.98 Å². The molecule has 0 N–H and O–H groups in total. The molecule has 0 aliphatic heterocycles. The Hall–Kier alpha value is -1.42. The second-order valence-corrected chi connectivity index (χ2v) is 7.69. The third-order valence-corrected chi connectivity index (χ3v) is 3.53. The van der Waals surface area contributed by atoms with Gasteiger partial charge >= 0.3 is 0 Å². The molecule has 0 bridgehead atoms. The van der Waals surface area contributed by atoms with Crippen molar-refractivity contribution in [1.82, 2.24) is 9.55 Å². The van der Waals surface area contributed by atoms with Gasteiger partial charge < -0.3 is 0 Å². The van der Waals surface area contributed by atoms with Crippen molar-refractivity contribution in [2.24, 2.45) is 0 Å². The molecule has 0 atom stereocenters. The van der Waals surface area contributed by atoms with E-state index in [0.29, 0.717) is 11.3 Å². The van der Waals surface area contributed by atoms with Gasteiger partial charge in [-0.1, -0.05) is 32.4 Å². The highest BCUT2D eigenvalue weighted by molar-refractivity contribution is 6.35. The van der Waals surface area contributed by atoms with Crippen LogP contribution in [0.3, 0.4) is 0 Å². The average molecular weight is 311 g/mol. The smallest absolute Gasteiger partial charge is 0.263 e. The molecule has 1 aromatic heterocycles. The molecule has 5 heteroatoms. The summed E-state index contributed by atoms with van der Waals surface area (Å²) >= 11 is 6.06. The van der Waals surface area contributed by atoms with Crippen LogP contribution in [0.15, 0.2) is 16.9 Å². The summed E-state index contributed by atoms with van der Waals surface area (Å²) in [5.74, 6) is 0.127. The summed E-state index contributed by atoms with van der Waals surface area (Å²) in [6, 6.07) is 2.40. The van der Waals surface area contributed by atoms with Gasteiger partial charge in [0.1, 0.15) is 11.6 Å². The molecule has 0 radical (unpaired) electrons. The Bertz CT molecular complexity index is 767. The van der Waals surface area contributed by atoms with Crippen LogP contribution < -0.4 is 5.56 Å². The van der Waals surface area contributed by atoms with Crippen molar-refractivity contribution < 1.29 is 4.39 Å². The van der Waals surface area contributed by atoms with Crippen molar-refractivity contribution in [3.05, 3.63) is 39.2 Å². The summed E-state index contributed by atoms with van der Waals surface area (Å²) in [7, 11) is 0. The quantitative estimate of drug-likeness (QED) is 0.729. The van der Waals surface area contributed by atoms with Gasteiger partial charge in [0, 0.05) is 17.0 Å². The van der Waals surface area contributed by atoms with Crippen LogP contribution in [-0.2, 0) is 11.0 Å². The third kappa shape index (κ3) is 2.82. The molecule has 0 aliphatic rings. The van der Waals surface area contributed by atoms with E-state index < -0.39 is 11.4 Å². The lowest BCUT2D eigenvalue weighted by Gasteiger charge is -2.31. The van der Waals surface area contributed by atoms with Crippen LogP contribution in [0.4, 0.5) is 4.39 Å². The fourth-order valence-corrected chi connectivity index (χ4v) is 2.64. The zero-order chi connectivity index (χ0) is 16.2. The van der Waals surface area contributed by atoms with E-state index in [4.69, 9.17) is 11.6 Å². The molecule has 0 saturated carbocycles. The van der Waals surface area contributed by atoms with Gasteiger partial charge in [0.05, 0.1) is 15.9 Å². The largest absolute Gasteiger partial charge is 0.290 e. The Morgan fingerprint density at radius 1 is 1.14 bits per heavy atom. The minimum atomic E-state index is -0.493. The topological polar surface area (TPSA) is 34.9 Å². The molecule has 1 aromatic carbocycles. The Morgan fingerprint density at radius 3 is 2.19 bits per heavy atom. The maximum Gasteiger partial charge on any atom is 0.263 e. The summed E-state index contributed by atoms with van der Waals surface area (Å²) in [6.07, 6.45) is 0. The molecule has 21 heavy (non-hydrogen) atoms. The SMILES string of the molecule is CC(C)(C)c1nc2cc(F)cc(Cl)c2c(=O)n1C(C)(C)C. The third-order valence-electron chi connectivity index (χ3n) is 3.23. The highest BCUT2D eigenvalue weighted by Crippen LogP contribution is 2.28. The first-order chi connectivity index (χ1) is 9.43. The summed E-state index contributed by atoms with van der Waals surface area (Å²) in [4.78, 5) is 17.4. The number of aromatic nitrogens is 2. The second kappa shape index (κ2) is 4.80. The van der Waals surface area contributed by atoms with E-state index in [1.165, 1.54) is 6.07 Å². The van der Waals surface area contributed by atoms with E-state index in [1.807, 2.05) is 41.5 Å². The van der Waals surface area contributed by atoms with Crippen LogP contribution >= 0.6 is 11.6 Å². The molecule has 1 heterocycles. The second-order valence-electron chi connectivity index (χ2n) is 7.28. The van der Waals surface area contributed by atoms with Gasteiger partial charge in [0.25, 0.3) is 5.56 Å². The van der Waals surface area contributed by atoms with E-state index >= 15 is 0 Å². The Kier molecular flexibility index (Phi) is 3.65. The van der Waals surface area contributed by atoms with Gasteiger partial charge in [-0.15, -0.1) is 0 Å². The Balaban J connectivity index is 3.07. The number of nitrogens with zero attached hydrogens (tertiary/aromatic N) is 2. The number of hydrogen-bond acceptors (Lipinski definition) is 2. The highest BCUT2D eigenvalue weighted by atomic mass is 35.5. The summed E-state index contributed by atoms with van der Waals surface area (Å²) in [6.45, 7) is 11.7. The maximum absolute atomic E-state index is 13.6. The molecule has 0 amide bonds. The number of rotatable bonds is 0. The van der Waals surface area contributed by atoms with Gasteiger partial charge in [-0.25, -0.2) is 9.37 Å². The lowest BCUT2D eigenvalue weighted by molar-refractivity contribution is 0.338. The molecule has 0 saturated heterocycles. The Morgan fingerprint density at radius 2 is 1.71 bits per heavy atom. The zero-order valence-electron chi connectivity index (χ0n) is 13.2. The van der Waals surface area contributed by atoms with Crippen molar-refractivity contribution in [3.8, 4) is 0 Å². The molecule has 0 spiro atoms. The van der Waals surface area contributed by atoms with Crippen LogP contribution in [0.1, 0.15) is 47.4 Å². The van der Waals surface area contributed by atoms with E-state index in [9.17, 15) is 9.18 Å². The average Bonchev–Trinajstić information content (AvgIpc) is 2.23. The number of halogens is 2. The molecule has 114 valence electrons. The molecular formula is C16H20ClFN2O. The summed E-state index contributed by atoms with van der Waals surface area (Å²) < 4.78 is 15.2. The molecule has 0 aliphatic carbocycles. The van der Waals surface area contributed by atoms with Gasteiger partial charge in [0.2, 0.25) is 0 Å². The minimum Gasteiger partial charge on any atom is -0.290 e. The fourth-order valence-electron chi connectivity index (χ4n) is 2.36. The van der Waals surface area contributed by atoms with Gasteiger partial charge in [0.15, 0.2) is 0 Å². The van der Waals surface area contributed by atoms with Gasteiger partial charge in [-0.05, 0) is 26.8 Å². The van der Waals surface area contributed by atoms with Crippen molar-refractivity contribution in [2.75, 3.05) is 0 Å². The first-order valence-electron chi connectivity index (χ1n) is 6.85. The van der Waals surface area contributed by atoms with Crippen LogP contribution in [0.25, 0.3) is 10.9 Å². The summed E-state index contributed by atoms with van der Waals surface area (Å²) in [5, 5.41) is 0.363. The first kappa shape index (κ1) is 16.0. The lowest BCUT2D eigenvalue weighted by Crippen LogP contribution is -2.40. The van der Waals surface area contributed by atoms with Crippen LogP contribution in [0, 0.1) is 5.82 Å². The number of hydrogen-bond donors (Lipinski definition) is 0. The first-order valence-corrected chi connectivity index (χ1v) is 7.23. The van der Waals surface area contributed by atoms with E-state index in [0.717, 1.165) is 6.07 Å². The molecule has 0 fully saturated rings. The molecule has 3 nitrogen and oxygen atoms in total. The Labute approximate surface area is 128 Å². The number of fused-ring (bicyclic) bond motifs is 1. The van der Waals surface area contributed by atoms with Crippen LogP contribution in [0.5, 0.6) is 0 Å². The van der Waals surface area contributed by atoms with Crippen molar-refractivity contribution in [1.29, 1.82) is 0 Å². The van der Waals surface area contributed by atoms with Gasteiger partial charge in [-0.3, -0.25) is 9.36 Å². The lowest BCUT2D eigenvalue weighted by atomic mass is 9.93. The van der Waals surface area contributed by atoms with E-state index in [1.54, 1.807) is 4.57 Å². The monoisotopic (exact) mass is 310 g/mol. The minimum absolute atomic E-state index is 0.0981. The van der Waals surface area contributed by atoms with Crippen molar-refractivity contribution >= 4 is 22.5 Å². The molecule has 0 unspecified atom stereocenters. The molecule has 2 aromatic rings. The number of benzene rings is 1. The predicted octanol–water partition coefficient (Wildman–Crippen LogP) is 4.24. The molecule has 2 rings (SSSR count). The van der Waals surface area contributed by atoms with Crippen molar-refractivity contribution in [2.45, 2.75) is 52.5 Å². The highest BCUT2D eigenvalue weighted by Gasteiger charge is 2.29. The zero-order valence-corrected chi connectivity index (χ0v) is 14.0. The normalized spacial score (nSPS) is 13.0. The van der Waals surface area contributed by atoms with Crippen LogP contribution in [-0.4, -0.2) is 9.55 Å². The maximum atomic E-state index is 13.6. The van der Waals surface area contributed by atoms with Crippen molar-refractivity contribution in [3.63, 3.8) is 0 Å². The van der Waals surface area contributed by atoms with E-state index in [-0.39, 0.29) is 21.4 Å². The summed E-state index contributed by atoms with van der Waals surface area (Å²) in [5.41, 5.74) is -0.726. The van der Waals surface area contributed by atoms with Gasteiger partial charge in [-0.2, -0.15) is 0 Å². The molecular weight excluding hydrogens is 291 g/mol. The van der Waals surface area contributed by atoms with Crippen LogP contribution in [0.2, 0.25) is 5.02 Å². The predicted molar refractivity (Wildman–Crippen MR) is 84.7 cm³/mol. The standard InChI is InChI=1S/C16H20ClFN2O/c1-15(2,3)14-19-11-8-9(18)7-10(17)12(11)13(21)20(14)16(4,5)6/h7-8H,1-6H3.